The number of nitrogens with one attached hydrogen (secondary N) is 1. The quantitative estimate of drug-likeness (QED) is 0.440. The molecule has 0 saturated carbocycles. The number of amides is 1. The molecule has 0 aliphatic carbocycles. The van der Waals surface area contributed by atoms with E-state index in [0.717, 1.165) is 35.5 Å². The first-order valence-corrected chi connectivity index (χ1v) is 11.8. The maximum Gasteiger partial charge on any atom is 0.409 e. The highest BCUT2D eigenvalue weighted by Gasteiger charge is 2.22. The summed E-state index contributed by atoms with van der Waals surface area (Å²) in [6, 6.07) is 21.3. The van der Waals surface area contributed by atoms with E-state index in [1.807, 2.05) is 18.5 Å². The zero-order chi connectivity index (χ0) is 24.2. The van der Waals surface area contributed by atoms with Crippen LogP contribution in [0.15, 0.2) is 73.1 Å². The molecule has 5 rings (SSSR count). The smallest absolute Gasteiger partial charge is 0.409 e. The highest BCUT2D eigenvalue weighted by Crippen LogP contribution is 2.26. The number of rotatable bonds is 5. The molecule has 1 fully saturated rings. The predicted molar refractivity (Wildman–Crippen MR) is 140 cm³/mol. The predicted octanol–water partition coefficient (Wildman–Crippen LogP) is 5.11. The van der Waals surface area contributed by atoms with Gasteiger partial charge in [-0.2, -0.15) is 0 Å². The third-order valence-electron chi connectivity index (χ3n) is 6.44. The van der Waals surface area contributed by atoms with Crippen LogP contribution in [0.5, 0.6) is 0 Å². The number of carbonyl (C=O) groups excluding carboxylic acids is 1. The summed E-state index contributed by atoms with van der Waals surface area (Å²) in [6.07, 6.45) is 3.43. The Hall–Kier alpha value is -4.13. The molecule has 0 bridgehead atoms. The minimum atomic E-state index is -0.275. The number of carbonyl (C=O) groups is 1. The van der Waals surface area contributed by atoms with E-state index in [-0.39, 0.29) is 6.09 Å². The van der Waals surface area contributed by atoms with Gasteiger partial charge in [0.05, 0.1) is 7.11 Å². The molecule has 1 saturated heterocycles. The summed E-state index contributed by atoms with van der Waals surface area (Å²) in [6.45, 7) is 5.49. The standard InChI is InChI=1S/C28H29N5O2/c1-20-4-3-5-23(16-20)22-8-6-21(7-9-22)18-31-27-25-19-30-26(17-24(25)10-11-29-27)32-12-14-33(15-13-32)28(34)35-2/h3-11,16-17,19H,12-15,18H2,1-2H3,(H,29,31). The minimum Gasteiger partial charge on any atom is -0.453 e. The Bertz CT molecular complexity index is 1330. The van der Waals surface area contributed by atoms with Crippen LogP contribution in [-0.2, 0) is 11.3 Å². The Morgan fingerprint density at radius 1 is 0.971 bits per heavy atom. The van der Waals surface area contributed by atoms with Gasteiger partial charge in [0.25, 0.3) is 0 Å². The Labute approximate surface area is 205 Å². The average Bonchev–Trinajstić information content (AvgIpc) is 2.91. The fourth-order valence-corrected chi connectivity index (χ4v) is 4.44. The molecular formula is C28H29N5O2. The molecule has 178 valence electrons. The molecule has 7 nitrogen and oxygen atoms in total. The van der Waals surface area contributed by atoms with Crippen molar-refractivity contribution in [2.75, 3.05) is 43.5 Å². The van der Waals surface area contributed by atoms with Gasteiger partial charge in [-0.1, -0.05) is 54.1 Å². The molecule has 0 atom stereocenters. The first-order chi connectivity index (χ1) is 17.1. The summed E-state index contributed by atoms with van der Waals surface area (Å²) >= 11 is 0. The van der Waals surface area contributed by atoms with Crippen molar-refractivity contribution >= 4 is 28.5 Å². The van der Waals surface area contributed by atoms with Gasteiger partial charge in [-0.15, -0.1) is 0 Å². The maximum absolute atomic E-state index is 11.7. The second kappa shape index (κ2) is 10.0. The molecule has 2 aromatic heterocycles. The number of piperazine rings is 1. The topological polar surface area (TPSA) is 70.6 Å². The van der Waals surface area contributed by atoms with Crippen LogP contribution in [0.2, 0.25) is 0 Å². The number of methoxy groups -OCH3 is 1. The fourth-order valence-electron chi connectivity index (χ4n) is 4.44. The van der Waals surface area contributed by atoms with Crippen LogP contribution in [0.25, 0.3) is 21.9 Å². The summed E-state index contributed by atoms with van der Waals surface area (Å²) in [7, 11) is 1.42. The number of fused-ring (bicyclic) bond motifs is 1. The fraction of sp³-hybridized carbons (Fsp3) is 0.250. The SMILES string of the molecule is COC(=O)N1CCN(c2cc3ccnc(NCc4ccc(-c5cccc(C)c5)cc4)c3cn2)CC1. The first kappa shape index (κ1) is 22.7. The maximum atomic E-state index is 11.7. The summed E-state index contributed by atoms with van der Waals surface area (Å²) in [5.74, 6) is 1.73. The van der Waals surface area contributed by atoms with Crippen molar-refractivity contribution in [3.8, 4) is 11.1 Å². The molecule has 0 spiro atoms. The van der Waals surface area contributed by atoms with E-state index in [9.17, 15) is 4.79 Å². The lowest BCUT2D eigenvalue weighted by atomic mass is 10.0. The molecule has 3 heterocycles. The number of benzene rings is 2. The first-order valence-electron chi connectivity index (χ1n) is 11.8. The number of aryl methyl sites for hydroxylation is 1. The second-order valence-electron chi connectivity index (χ2n) is 8.79. The van der Waals surface area contributed by atoms with E-state index in [2.05, 4.69) is 76.7 Å². The Morgan fingerprint density at radius 3 is 2.51 bits per heavy atom. The summed E-state index contributed by atoms with van der Waals surface area (Å²) in [4.78, 5) is 24.9. The third kappa shape index (κ3) is 5.04. The zero-order valence-corrected chi connectivity index (χ0v) is 20.1. The van der Waals surface area contributed by atoms with Crippen LogP contribution in [0.1, 0.15) is 11.1 Å². The highest BCUT2D eigenvalue weighted by molar-refractivity contribution is 5.92. The van der Waals surface area contributed by atoms with Gasteiger partial charge in [-0.25, -0.2) is 14.8 Å². The van der Waals surface area contributed by atoms with Crippen LogP contribution < -0.4 is 10.2 Å². The second-order valence-corrected chi connectivity index (χ2v) is 8.79. The van der Waals surface area contributed by atoms with Crippen molar-refractivity contribution in [3.63, 3.8) is 0 Å². The van der Waals surface area contributed by atoms with Gasteiger partial charge in [-0.05, 0) is 41.1 Å². The largest absolute Gasteiger partial charge is 0.453 e. The van der Waals surface area contributed by atoms with Gasteiger partial charge >= 0.3 is 6.09 Å². The number of hydrogen-bond donors (Lipinski definition) is 1. The van der Waals surface area contributed by atoms with Gasteiger partial charge in [0, 0.05) is 50.5 Å². The van der Waals surface area contributed by atoms with Crippen LogP contribution in [0.4, 0.5) is 16.4 Å². The van der Waals surface area contributed by atoms with E-state index in [0.29, 0.717) is 19.6 Å². The third-order valence-corrected chi connectivity index (χ3v) is 6.44. The molecule has 4 aromatic rings. The lowest BCUT2D eigenvalue weighted by molar-refractivity contribution is 0.121. The van der Waals surface area contributed by atoms with Crippen LogP contribution >= 0.6 is 0 Å². The number of aromatic nitrogens is 2. The Morgan fingerprint density at radius 2 is 1.77 bits per heavy atom. The molecular weight excluding hydrogens is 438 g/mol. The number of pyridine rings is 2. The van der Waals surface area contributed by atoms with Crippen LogP contribution in [0.3, 0.4) is 0 Å². The summed E-state index contributed by atoms with van der Waals surface area (Å²) in [5.41, 5.74) is 4.89. The normalized spacial score (nSPS) is 13.7. The number of hydrogen-bond acceptors (Lipinski definition) is 6. The molecule has 0 radical (unpaired) electrons. The molecule has 1 aliphatic heterocycles. The molecule has 2 aromatic carbocycles. The monoisotopic (exact) mass is 467 g/mol. The molecule has 35 heavy (non-hydrogen) atoms. The van der Waals surface area contributed by atoms with E-state index in [4.69, 9.17) is 9.72 Å². The van der Waals surface area contributed by atoms with Gasteiger partial charge < -0.3 is 19.9 Å². The lowest BCUT2D eigenvalue weighted by Gasteiger charge is -2.34. The van der Waals surface area contributed by atoms with Gasteiger partial charge in [-0.3, -0.25) is 0 Å². The van der Waals surface area contributed by atoms with Crippen molar-refractivity contribution in [2.24, 2.45) is 0 Å². The van der Waals surface area contributed by atoms with Crippen molar-refractivity contribution in [3.05, 3.63) is 84.2 Å². The Kier molecular flexibility index (Phi) is 6.48. The molecule has 1 amide bonds. The molecule has 1 N–H and O–H groups in total. The van der Waals surface area contributed by atoms with Crippen LogP contribution in [0, 0.1) is 6.92 Å². The molecule has 7 heteroatoms. The number of anilines is 2. The van der Waals surface area contributed by atoms with Crippen molar-refractivity contribution in [1.82, 2.24) is 14.9 Å². The van der Waals surface area contributed by atoms with Crippen molar-refractivity contribution in [2.45, 2.75) is 13.5 Å². The zero-order valence-electron chi connectivity index (χ0n) is 20.1. The Balaban J connectivity index is 1.26. The van der Waals surface area contributed by atoms with Crippen molar-refractivity contribution in [1.29, 1.82) is 0 Å². The molecule has 1 aliphatic rings. The van der Waals surface area contributed by atoms with E-state index in [1.165, 1.54) is 29.4 Å². The van der Waals surface area contributed by atoms with E-state index in [1.54, 1.807) is 4.90 Å². The lowest BCUT2D eigenvalue weighted by Crippen LogP contribution is -2.49. The average molecular weight is 468 g/mol. The van der Waals surface area contributed by atoms with Crippen molar-refractivity contribution < 1.29 is 9.53 Å². The number of nitrogens with zero attached hydrogens (tertiary/aromatic N) is 4. The highest BCUT2D eigenvalue weighted by atomic mass is 16.5. The molecule has 0 unspecified atom stereocenters. The minimum absolute atomic E-state index is 0.275. The van der Waals surface area contributed by atoms with E-state index >= 15 is 0 Å². The summed E-state index contributed by atoms with van der Waals surface area (Å²) in [5, 5.41) is 5.54. The van der Waals surface area contributed by atoms with E-state index < -0.39 is 0 Å². The van der Waals surface area contributed by atoms with Crippen LogP contribution in [-0.4, -0.2) is 54.2 Å². The van der Waals surface area contributed by atoms with Gasteiger partial charge in [0.15, 0.2) is 0 Å². The number of ether oxygens (including phenoxy) is 1. The summed E-state index contributed by atoms with van der Waals surface area (Å²) < 4.78 is 4.83. The van der Waals surface area contributed by atoms with Gasteiger partial charge in [0.1, 0.15) is 11.6 Å². The van der Waals surface area contributed by atoms with Gasteiger partial charge in [0.2, 0.25) is 0 Å².